The highest BCUT2D eigenvalue weighted by molar-refractivity contribution is 4.99. The van der Waals surface area contributed by atoms with Gasteiger partial charge in [0, 0.05) is 0 Å². The van der Waals surface area contributed by atoms with Crippen molar-refractivity contribution in [2.75, 3.05) is 20.1 Å². The van der Waals surface area contributed by atoms with E-state index in [4.69, 9.17) is 0 Å². The second kappa shape index (κ2) is 3.74. The zero-order chi connectivity index (χ0) is 11.1. The lowest BCUT2D eigenvalue weighted by atomic mass is 9.77. The molecule has 1 aliphatic heterocycles. The van der Waals surface area contributed by atoms with Crippen molar-refractivity contribution >= 4 is 0 Å². The molecule has 1 N–H and O–H groups in total. The van der Waals surface area contributed by atoms with Gasteiger partial charge in [0.15, 0.2) is 0 Å². The smallest absolute Gasteiger partial charge is 0.0682 e. The van der Waals surface area contributed by atoms with Crippen molar-refractivity contribution in [1.82, 2.24) is 4.90 Å². The number of likely N-dealkylation sites (tertiary alicyclic amines) is 1. The molecule has 1 saturated heterocycles. The first-order chi connectivity index (χ1) is 6.91. The number of aliphatic hydroxyl groups is 1. The van der Waals surface area contributed by atoms with Crippen LogP contribution in [-0.2, 0) is 0 Å². The molecule has 0 spiro atoms. The maximum atomic E-state index is 10.7. The van der Waals surface area contributed by atoms with E-state index in [1.807, 2.05) is 0 Å². The summed E-state index contributed by atoms with van der Waals surface area (Å²) in [5, 5.41) is 10.7. The Morgan fingerprint density at radius 2 is 1.73 bits per heavy atom. The summed E-state index contributed by atoms with van der Waals surface area (Å²) in [7, 11) is 2.18. The van der Waals surface area contributed by atoms with Crippen LogP contribution in [0.2, 0.25) is 0 Å². The van der Waals surface area contributed by atoms with Crippen LogP contribution in [0.4, 0.5) is 0 Å². The van der Waals surface area contributed by atoms with Crippen molar-refractivity contribution in [3.63, 3.8) is 0 Å². The summed E-state index contributed by atoms with van der Waals surface area (Å²) in [5.74, 6) is 0.551. The molecule has 0 amide bonds. The summed E-state index contributed by atoms with van der Waals surface area (Å²) in [6, 6.07) is 0. The Hall–Kier alpha value is -0.0800. The zero-order valence-corrected chi connectivity index (χ0v) is 10.4. The maximum absolute atomic E-state index is 10.7. The SMILES string of the molecule is CN1CCC(C2(O)CCC(C)(C)C2)CC1. The maximum Gasteiger partial charge on any atom is 0.0682 e. The lowest BCUT2D eigenvalue weighted by molar-refractivity contribution is -0.0417. The summed E-state index contributed by atoms with van der Waals surface area (Å²) in [5.41, 5.74) is 0.0167. The molecule has 0 bridgehead atoms. The number of nitrogens with zero attached hydrogens (tertiary/aromatic N) is 1. The number of hydrogen-bond donors (Lipinski definition) is 1. The molecule has 0 aromatic heterocycles. The molecular weight excluding hydrogens is 186 g/mol. The normalized spacial score (nSPS) is 38.4. The predicted molar refractivity (Wildman–Crippen MR) is 62.8 cm³/mol. The van der Waals surface area contributed by atoms with Gasteiger partial charge in [0.1, 0.15) is 0 Å². The molecule has 88 valence electrons. The van der Waals surface area contributed by atoms with Crippen LogP contribution in [0.3, 0.4) is 0 Å². The lowest BCUT2D eigenvalue weighted by Crippen LogP contribution is -2.43. The van der Waals surface area contributed by atoms with Gasteiger partial charge in [-0.2, -0.15) is 0 Å². The number of hydrogen-bond acceptors (Lipinski definition) is 2. The largest absolute Gasteiger partial charge is 0.390 e. The van der Waals surface area contributed by atoms with Gasteiger partial charge >= 0.3 is 0 Å². The third kappa shape index (κ3) is 2.36. The van der Waals surface area contributed by atoms with E-state index in [1.54, 1.807) is 0 Å². The molecule has 1 saturated carbocycles. The second-order valence-electron chi connectivity index (χ2n) is 6.52. The van der Waals surface area contributed by atoms with Gasteiger partial charge in [-0.05, 0) is 63.6 Å². The van der Waals surface area contributed by atoms with Crippen molar-refractivity contribution in [2.24, 2.45) is 11.3 Å². The van der Waals surface area contributed by atoms with Gasteiger partial charge in [0.25, 0.3) is 0 Å². The van der Waals surface area contributed by atoms with E-state index in [1.165, 1.54) is 19.3 Å². The number of rotatable bonds is 1. The van der Waals surface area contributed by atoms with E-state index >= 15 is 0 Å². The first-order valence-electron chi connectivity index (χ1n) is 6.32. The Morgan fingerprint density at radius 3 is 2.20 bits per heavy atom. The predicted octanol–water partition coefficient (Wildman–Crippen LogP) is 2.27. The molecule has 15 heavy (non-hydrogen) atoms. The molecule has 0 aromatic rings. The summed E-state index contributed by atoms with van der Waals surface area (Å²) < 4.78 is 0. The highest BCUT2D eigenvalue weighted by Crippen LogP contribution is 2.49. The molecule has 1 unspecified atom stereocenters. The van der Waals surface area contributed by atoms with Crippen LogP contribution >= 0.6 is 0 Å². The summed E-state index contributed by atoms with van der Waals surface area (Å²) in [6.45, 7) is 6.90. The standard InChI is InChI=1S/C13H25NO/c1-12(2)6-7-13(15,10-12)11-4-8-14(3)9-5-11/h11,15H,4-10H2,1-3H3. The second-order valence-corrected chi connectivity index (χ2v) is 6.52. The molecule has 2 fully saturated rings. The van der Waals surface area contributed by atoms with Gasteiger partial charge in [-0.1, -0.05) is 13.8 Å². The minimum Gasteiger partial charge on any atom is -0.390 e. The average molecular weight is 211 g/mol. The van der Waals surface area contributed by atoms with Gasteiger partial charge in [-0.25, -0.2) is 0 Å². The van der Waals surface area contributed by atoms with Gasteiger partial charge in [-0.3, -0.25) is 0 Å². The van der Waals surface area contributed by atoms with E-state index < -0.39 is 0 Å². The zero-order valence-electron chi connectivity index (χ0n) is 10.4. The van der Waals surface area contributed by atoms with Crippen molar-refractivity contribution in [3.05, 3.63) is 0 Å². The molecule has 1 atom stereocenters. The van der Waals surface area contributed by atoms with Crippen LogP contribution in [-0.4, -0.2) is 35.7 Å². The van der Waals surface area contributed by atoms with E-state index in [0.29, 0.717) is 11.3 Å². The monoisotopic (exact) mass is 211 g/mol. The fourth-order valence-electron chi connectivity index (χ4n) is 3.45. The molecular formula is C13H25NO. The third-order valence-corrected chi connectivity index (χ3v) is 4.50. The van der Waals surface area contributed by atoms with Gasteiger partial charge in [0.05, 0.1) is 5.60 Å². The highest BCUT2D eigenvalue weighted by Gasteiger charge is 2.46. The van der Waals surface area contributed by atoms with Crippen LogP contribution in [0.1, 0.15) is 46.0 Å². The quantitative estimate of drug-likeness (QED) is 0.719. The van der Waals surface area contributed by atoms with Crippen LogP contribution in [0.5, 0.6) is 0 Å². The summed E-state index contributed by atoms with van der Waals surface area (Å²) >= 11 is 0. The summed E-state index contributed by atoms with van der Waals surface area (Å²) in [4.78, 5) is 2.37. The first-order valence-corrected chi connectivity index (χ1v) is 6.32. The Labute approximate surface area is 93.7 Å². The molecule has 1 aliphatic carbocycles. The Bertz CT molecular complexity index is 231. The minimum absolute atomic E-state index is 0.342. The minimum atomic E-state index is -0.342. The van der Waals surface area contributed by atoms with Crippen LogP contribution < -0.4 is 0 Å². The molecule has 2 rings (SSSR count). The topological polar surface area (TPSA) is 23.5 Å². The van der Waals surface area contributed by atoms with E-state index in [2.05, 4.69) is 25.8 Å². The van der Waals surface area contributed by atoms with Crippen LogP contribution in [0.15, 0.2) is 0 Å². The van der Waals surface area contributed by atoms with E-state index in [-0.39, 0.29) is 5.60 Å². The van der Waals surface area contributed by atoms with E-state index in [9.17, 15) is 5.11 Å². The average Bonchev–Trinajstić information content (AvgIpc) is 2.43. The van der Waals surface area contributed by atoms with Crippen LogP contribution in [0.25, 0.3) is 0 Å². The molecule has 2 nitrogen and oxygen atoms in total. The first kappa shape index (κ1) is 11.4. The number of piperidine rings is 1. The third-order valence-electron chi connectivity index (χ3n) is 4.50. The summed E-state index contributed by atoms with van der Waals surface area (Å²) in [6.07, 6.45) is 5.59. The fraction of sp³-hybridized carbons (Fsp3) is 1.00. The molecule has 2 heteroatoms. The van der Waals surface area contributed by atoms with Crippen LogP contribution in [0, 0.1) is 11.3 Å². The Balaban J connectivity index is 1.98. The Kier molecular flexibility index (Phi) is 2.85. The van der Waals surface area contributed by atoms with Crippen molar-refractivity contribution in [1.29, 1.82) is 0 Å². The van der Waals surface area contributed by atoms with Gasteiger partial charge < -0.3 is 10.0 Å². The van der Waals surface area contributed by atoms with Crippen molar-refractivity contribution in [3.8, 4) is 0 Å². The van der Waals surface area contributed by atoms with Crippen molar-refractivity contribution in [2.45, 2.75) is 51.6 Å². The molecule has 1 heterocycles. The molecule has 0 aromatic carbocycles. The van der Waals surface area contributed by atoms with Gasteiger partial charge in [-0.15, -0.1) is 0 Å². The van der Waals surface area contributed by atoms with Crippen molar-refractivity contribution < 1.29 is 5.11 Å². The fourth-order valence-corrected chi connectivity index (χ4v) is 3.45. The highest BCUT2D eigenvalue weighted by atomic mass is 16.3. The Morgan fingerprint density at radius 1 is 1.13 bits per heavy atom. The van der Waals surface area contributed by atoms with Gasteiger partial charge in [0.2, 0.25) is 0 Å². The lowest BCUT2D eigenvalue weighted by Gasteiger charge is -2.39. The molecule has 2 aliphatic rings. The van der Waals surface area contributed by atoms with E-state index in [0.717, 1.165) is 25.9 Å². The molecule has 0 radical (unpaired) electrons.